The number of carbonyl (C=O) groups excluding carboxylic acids is 1. The number of hydrogen-bond donors (Lipinski definition) is 1. The molecule has 1 unspecified atom stereocenters. The van der Waals surface area contributed by atoms with Crippen LogP contribution in [0.4, 0.5) is 4.39 Å². The van der Waals surface area contributed by atoms with Crippen LogP contribution in [0.2, 0.25) is 5.02 Å². The van der Waals surface area contributed by atoms with Gasteiger partial charge in [0.25, 0.3) is 0 Å². The molecule has 7 nitrogen and oxygen atoms in total. The number of halogens is 3. The number of alkyl halides is 1. The molecule has 148 valence electrons. The van der Waals surface area contributed by atoms with E-state index in [1.807, 2.05) is 6.92 Å². The Morgan fingerprint density at radius 2 is 2.21 bits per heavy atom. The molecule has 28 heavy (non-hydrogen) atoms. The zero-order valence-electron chi connectivity index (χ0n) is 15.2. The Bertz CT molecular complexity index is 959. The summed E-state index contributed by atoms with van der Waals surface area (Å²) in [5.41, 5.74) is 1.34. The van der Waals surface area contributed by atoms with Crippen LogP contribution in [0.15, 0.2) is 40.8 Å². The van der Waals surface area contributed by atoms with E-state index in [1.165, 1.54) is 18.2 Å². The lowest BCUT2D eigenvalue weighted by Gasteiger charge is -2.26. The molecule has 2 heterocycles. The molecule has 1 N–H and O–H groups in total. The summed E-state index contributed by atoms with van der Waals surface area (Å²) in [7, 11) is 0. The molecule has 0 spiro atoms. The van der Waals surface area contributed by atoms with Crippen molar-refractivity contribution < 1.29 is 13.9 Å². The number of esters is 1. The fourth-order valence-electron chi connectivity index (χ4n) is 2.77. The molecule has 0 saturated carbocycles. The van der Waals surface area contributed by atoms with Crippen molar-refractivity contribution in [2.45, 2.75) is 26.4 Å². The third-order valence-corrected chi connectivity index (χ3v) is 4.97. The van der Waals surface area contributed by atoms with Crippen molar-refractivity contribution in [3.63, 3.8) is 0 Å². The van der Waals surface area contributed by atoms with E-state index in [9.17, 15) is 9.18 Å². The third kappa shape index (κ3) is 4.10. The van der Waals surface area contributed by atoms with Gasteiger partial charge in [-0.3, -0.25) is 9.67 Å². The summed E-state index contributed by atoms with van der Waals surface area (Å²) in [5.74, 6) is -0.228. The van der Waals surface area contributed by atoms with E-state index in [-0.39, 0.29) is 11.6 Å². The lowest BCUT2D eigenvalue weighted by atomic mass is 9.96. The van der Waals surface area contributed by atoms with Crippen LogP contribution in [0.5, 0.6) is 0 Å². The van der Waals surface area contributed by atoms with Gasteiger partial charge in [-0.2, -0.15) is 0 Å². The second kappa shape index (κ2) is 8.83. The molecule has 1 aliphatic heterocycles. The number of amidine groups is 1. The van der Waals surface area contributed by atoms with Crippen molar-refractivity contribution in [1.82, 2.24) is 20.1 Å². The molecule has 1 atom stereocenters. The largest absolute Gasteiger partial charge is 0.463 e. The standard InChI is InChI=1S/C18H18BrClFN5O2/c1-3-26-9-22-16(25-26)17-23-13(8-19)14(18(27)28-4-2)15(24-17)11-6-5-10(21)7-12(11)20/h5-7,9,15H,3-4,8H2,1-2H3,(H,23,24). The molecule has 1 aliphatic rings. The van der Waals surface area contributed by atoms with Crippen LogP contribution in [0.1, 0.15) is 31.3 Å². The van der Waals surface area contributed by atoms with Gasteiger partial charge >= 0.3 is 5.97 Å². The minimum absolute atomic E-state index is 0.165. The predicted molar refractivity (Wildman–Crippen MR) is 107 cm³/mol. The van der Waals surface area contributed by atoms with Crippen molar-refractivity contribution >= 4 is 39.3 Å². The Balaban J connectivity index is 2.14. The number of nitrogens with zero attached hydrogens (tertiary/aromatic N) is 4. The summed E-state index contributed by atoms with van der Waals surface area (Å²) in [4.78, 5) is 21.5. The molecular weight excluding hydrogens is 453 g/mol. The average molecular weight is 471 g/mol. The van der Waals surface area contributed by atoms with Gasteiger partial charge in [-0.1, -0.05) is 33.6 Å². The molecule has 0 fully saturated rings. The maximum Gasteiger partial charge on any atom is 0.338 e. The number of benzene rings is 1. The van der Waals surface area contributed by atoms with E-state index >= 15 is 0 Å². The Hall–Kier alpha value is -2.26. The molecule has 3 rings (SSSR count). The van der Waals surface area contributed by atoms with Crippen molar-refractivity contribution in [2.75, 3.05) is 11.9 Å². The van der Waals surface area contributed by atoms with Crippen molar-refractivity contribution in [2.24, 2.45) is 4.99 Å². The molecule has 2 aromatic rings. The number of aliphatic imine (C=N–C) groups is 1. The first-order valence-electron chi connectivity index (χ1n) is 8.64. The van der Waals surface area contributed by atoms with Gasteiger partial charge in [-0.25, -0.2) is 14.2 Å². The summed E-state index contributed by atoms with van der Waals surface area (Å²) >= 11 is 9.67. The highest BCUT2D eigenvalue weighted by molar-refractivity contribution is 9.09. The van der Waals surface area contributed by atoms with Crippen LogP contribution in [0.3, 0.4) is 0 Å². The van der Waals surface area contributed by atoms with E-state index in [4.69, 9.17) is 16.3 Å². The number of ether oxygens (including phenoxy) is 1. The number of aryl methyl sites for hydroxylation is 1. The minimum atomic E-state index is -0.787. The first-order valence-corrected chi connectivity index (χ1v) is 10.1. The molecular formula is C18H18BrClFN5O2. The van der Waals surface area contributed by atoms with Gasteiger partial charge < -0.3 is 10.1 Å². The summed E-state index contributed by atoms with van der Waals surface area (Å²) in [6, 6.07) is 3.19. The molecule has 0 radical (unpaired) electrons. The van der Waals surface area contributed by atoms with Crippen LogP contribution < -0.4 is 5.32 Å². The summed E-state index contributed by atoms with van der Waals surface area (Å²) < 4.78 is 20.4. The number of carbonyl (C=O) groups is 1. The van der Waals surface area contributed by atoms with Gasteiger partial charge in [-0.05, 0) is 26.0 Å². The number of nitrogens with one attached hydrogen (secondary N) is 1. The first kappa shape index (κ1) is 20.5. The second-order valence-electron chi connectivity index (χ2n) is 5.84. The lowest BCUT2D eigenvalue weighted by Crippen LogP contribution is -2.35. The Morgan fingerprint density at radius 3 is 2.82 bits per heavy atom. The molecule has 0 bridgehead atoms. The van der Waals surface area contributed by atoms with Gasteiger partial charge in [0.15, 0.2) is 5.84 Å². The fourth-order valence-corrected chi connectivity index (χ4v) is 3.48. The zero-order chi connectivity index (χ0) is 20.3. The Labute approximate surface area is 174 Å². The summed E-state index contributed by atoms with van der Waals surface area (Å²) in [5, 5.41) is 7.96. The predicted octanol–water partition coefficient (Wildman–Crippen LogP) is 3.39. The van der Waals surface area contributed by atoms with Crippen LogP contribution >= 0.6 is 27.5 Å². The monoisotopic (exact) mass is 469 g/mol. The summed E-state index contributed by atoms with van der Waals surface area (Å²) in [6.07, 6.45) is 1.60. The lowest BCUT2D eigenvalue weighted by molar-refractivity contribution is -0.138. The van der Waals surface area contributed by atoms with Crippen LogP contribution in [-0.4, -0.2) is 38.5 Å². The van der Waals surface area contributed by atoms with Gasteiger partial charge in [0.1, 0.15) is 18.2 Å². The van der Waals surface area contributed by atoms with Gasteiger partial charge in [-0.15, -0.1) is 5.10 Å². The van der Waals surface area contributed by atoms with Crippen LogP contribution in [0.25, 0.3) is 0 Å². The Kier molecular flexibility index (Phi) is 6.46. The molecule has 1 aromatic carbocycles. The Morgan fingerprint density at radius 1 is 1.43 bits per heavy atom. The van der Waals surface area contributed by atoms with E-state index in [0.717, 1.165) is 0 Å². The first-order chi connectivity index (χ1) is 13.5. The quantitative estimate of drug-likeness (QED) is 0.517. The van der Waals surface area contributed by atoms with Crippen molar-refractivity contribution in [3.05, 3.63) is 58.0 Å². The molecule has 1 aromatic heterocycles. The van der Waals surface area contributed by atoms with Crippen molar-refractivity contribution in [3.8, 4) is 0 Å². The highest BCUT2D eigenvalue weighted by Gasteiger charge is 2.33. The molecule has 10 heteroatoms. The SMILES string of the molecule is CCOC(=O)C1=C(CBr)NC(c2ncn(CC)n2)=NC1c1ccc(F)cc1Cl. The normalized spacial score (nSPS) is 16.6. The number of aromatic nitrogens is 3. The fraction of sp³-hybridized carbons (Fsp3) is 0.333. The molecule has 0 amide bonds. The van der Waals surface area contributed by atoms with E-state index in [1.54, 1.807) is 17.9 Å². The second-order valence-corrected chi connectivity index (χ2v) is 6.81. The van der Waals surface area contributed by atoms with Crippen LogP contribution in [-0.2, 0) is 16.1 Å². The topological polar surface area (TPSA) is 81.4 Å². The number of hydrogen-bond acceptors (Lipinski definition) is 6. The van der Waals surface area contributed by atoms with E-state index in [2.05, 4.69) is 36.3 Å². The highest BCUT2D eigenvalue weighted by Crippen LogP contribution is 2.36. The highest BCUT2D eigenvalue weighted by atomic mass is 79.9. The van der Waals surface area contributed by atoms with Gasteiger partial charge in [0.2, 0.25) is 5.82 Å². The average Bonchev–Trinajstić information content (AvgIpc) is 3.16. The molecule has 0 aliphatic carbocycles. The zero-order valence-corrected chi connectivity index (χ0v) is 17.6. The third-order valence-electron chi connectivity index (χ3n) is 4.08. The summed E-state index contributed by atoms with van der Waals surface area (Å²) in [6.45, 7) is 4.53. The van der Waals surface area contributed by atoms with Crippen molar-refractivity contribution in [1.29, 1.82) is 0 Å². The minimum Gasteiger partial charge on any atom is -0.463 e. The smallest absolute Gasteiger partial charge is 0.338 e. The maximum atomic E-state index is 13.6. The number of rotatable bonds is 6. The van der Waals surface area contributed by atoms with E-state index in [0.29, 0.717) is 40.4 Å². The molecule has 0 saturated heterocycles. The van der Waals surface area contributed by atoms with Gasteiger partial charge in [0.05, 0.1) is 12.2 Å². The van der Waals surface area contributed by atoms with E-state index < -0.39 is 17.8 Å². The van der Waals surface area contributed by atoms with Crippen LogP contribution in [0, 0.1) is 5.82 Å². The maximum absolute atomic E-state index is 13.6. The van der Waals surface area contributed by atoms with Gasteiger partial charge in [0, 0.05) is 28.2 Å². The number of allylic oxidation sites excluding steroid dienone is 1.